The lowest BCUT2D eigenvalue weighted by Crippen LogP contribution is -2.64. The van der Waals surface area contributed by atoms with E-state index in [0.717, 1.165) is 63.8 Å². The number of amides is 1. The highest BCUT2D eigenvalue weighted by Gasteiger charge is 2.62. The fourth-order valence-corrected chi connectivity index (χ4v) is 4.40. The highest BCUT2D eigenvalue weighted by atomic mass is 35.5. The van der Waals surface area contributed by atoms with Gasteiger partial charge in [0.2, 0.25) is 0 Å². The molecular weight excluding hydrogens is 383 g/mol. The first-order valence-corrected chi connectivity index (χ1v) is 10.4. The number of hydrogen-bond acceptors (Lipinski definition) is 4. The van der Waals surface area contributed by atoms with E-state index < -0.39 is 5.60 Å². The van der Waals surface area contributed by atoms with Crippen molar-refractivity contribution in [1.82, 2.24) is 9.80 Å². The second-order valence-corrected chi connectivity index (χ2v) is 8.53. The molecule has 1 saturated carbocycles. The fraction of sp³-hybridized carbons (Fsp3) is 0.667. The minimum absolute atomic E-state index is 0.163. The van der Waals surface area contributed by atoms with Crippen molar-refractivity contribution in [3.8, 4) is 0 Å². The SMILES string of the molecule is CC(C)N1CC2(CCN(CCc3cccc(F)c3)CC2)OC2(CC2)C1=O.OCl. The smallest absolute Gasteiger partial charge is 0.255 e. The molecule has 5 nitrogen and oxygen atoms in total. The summed E-state index contributed by atoms with van der Waals surface area (Å²) < 4.78 is 26.3. The van der Waals surface area contributed by atoms with E-state index in [9.17, 15) is 9.18 Å². The minimum atomic E-state index is -0.508. The number of ether oxygens (including phenoxy) is 1. The second-order valence-electron chi connectivity index (χ2n) is 8.53. The van der Waals surface area contributed by atoms with E-state index in [1.54, 1.807) is 12.1 Å². The Morgan fingerprint density at radius 1 is 1.21 bits per heavy atom. The Bertz CT molecular complexity index is 688. The molecule has 0 aromatic heterocycles. The molecule has 3 fully saturated rings. The standard InChI is InChI=1S/C21H29FN2O2.ClHO/c1-16(2)24-15-20(26-21(7-8-21)19(24)25)9-12-23(13-10-20)11-6-17-4-3-5-18(22)14-17;1-2/h3-5,14,16H,6-13,15H2,1-2H3;2H. The molecule has 28 heavy (non-hydrogen) atoms. The number of nitrogens with zero attached hydrogens (tertiary/aromatic N) is 2. The predicted molar refractivity (Wildman–Crippen MR) is 106 cm³/mol. The van der Waals surface area contributed by atoms with Crippen molar-refractivity contribution >= 4 is 17.8 Å². The molecular formula is C21H30ClFN2O3. The van der Waals surface area contributed by atoms with Crippen molar-refractivity contribution in [3.63, 3.8) is 0 Å². The van der Waals surface area contributed by atoms with E-state index in [1.165, 1.54) is 6.07 Å². The van der Waals surface area contributed by atoms with Gasteiger partial charge >= 0.3 is 0 Å². The Labute approximate surface area is 171 Å². The Kier molecular flexibility index (Phi) is 6.65. The first-order chi connectivity index (χ1) is 13.4. The number of rotatable bonds is 4. The highest BCUT2D eigenvalue weighted by molar-refractivity contribution is 6.04. The minimum Gasteiger partial charge on any atom is -0.357 e. The van der Waals surface area contributed by atoms with Crippen LogP contribution in [0.4, 0.5) is 4.39 Å². The van der Waals surface area contributed by atoms with Crippen LogP contribution in [0.1, 0.15) is 45.1 Å². The summed E-state index contributed by atoms with van der Waals surface area (Å²) in [5.41, 5.74) is 0.365. The Morgan fingerprint density at radius 2 is 1.89 bits per heavy atom. The molecule has 7 heteroatoms. The van der Waals surface area contributed by atoms with Crippen LogP contribution in [-0.4, -0.2) is 63.8 Å². The molecule has 1 N–H and O–H groups in total. The van der Waals surface area contributed by atoms with Gasteiger partial charge in [-0.2, -0.15) is 0 Å². The number of carbonyl (C=O) groups excluding carboxylic acids is 1. The van der Waals surface area contributed by atoms with Crippen molar-refractivity contribution in [2.24, 2.45) is 0 Å². The lowest BCUT2D eigenvalue weighted by Gasteiger charge is -2.51. The maximum atomic E-state index is 13.3. The molecule has 0 atom stereocenters. The summed E-state index contributed by atoms with van der Waals surface area (Å²) in [6.45, 7) is 7.82. The zero-order valence-corrected chi connectivity index (χ0v) is 17.4. The molecule has 0 radical (unpaired) electrons. The summed E-state index contributed by atoms with van der Waals surface area (Å²) in [6.07, 6.45) is 4.55. The summed E-state index contributed by atoms with van der Waals surface area (Å²) in [7, 11) is 0. The summed E-state index contributed by atoms with van der Waals surface area (Å²) in [5.74, 6) is 0.0375. The van der Waals surface area contributed by atoms with Crippen LogP contribution in [0.5, 0.6) is 0 Å². The van der Waals surface area contributed by atoms with E-state index in [1.807, 2.05) is 11.0 Å². The molecule has 1 amide bonds. The van der Waals surface area contributed by atoms with Gasteiger partial charge in [0.05, 0.1) is 24.0 Å². The van der Waals surface area contributed by atoms with Crippen molar-refractivity contribution in [3.05, 3.63) is 35.6 Å². The van der Waals surface area contributed by atoms with Gasteiger partial charge < -0.3 is 14.5 Å². The fourth-order valence-electron chi connectivity index (χ4n) is 4.40. The van der Waals surface area contributed by atoms with Crippen LogP contribution in [0.25, 0.3) is 0 Å². The maximum absolute atomic E-state index is 13.3. The largest absolute Gasteiger partial charge is 0.357 e. The molecule has 2 heterocycles. The van der Waals surface area contributed by atoms with E-state index in [4.69, 9.17) is 9.40 Å². The molecule has 2 saturated heterocycles. The normalized spacial score (nSPS) is 23.1. The molecule has 0 unspecified atom stereocenters. The number of hydrogen-bond donors (Lipinski definition) is 1. The third-order valence-electron chi connectivity index (χ3n) is 6.22. The molecule has 1 aromatic rings. The molecule has 3 aliphatic rings. The first-order valence-electron chi connectivity index (χ1n) is 10.1. The van der Waals surface area contributed by atoms with Crippen LogP contribution in [0, 0.1) is 5.82 Å². The van der Waals surface area contributed by atoms with E-state index in [-0.39, 0.29) is 23.4 Å². The van der Waals surface area contributed by atoms with Crippen LogP contribution in [-0.2, 0) is 16.0 Å². The average Bonchev–Trinajstić information content (AvgIpc) is 3.46. The van der Waals surface area contributed by atoms with Gasteiger partial charge in [0.1, 0.15) is 11.4 Å². The van der Waals surface area contributed by atoms with Gasteiger partial charge in [0.15, 0.2) is 0 Å². The van der Waals surface area contributed by atoms with Crippen LogP contribution < -0.4 is 0 Å². The number of carbonyl (C=O) groups is 1. The molecule has 156 valence electrons. The molecule has 1 aliphatic carbocycles. The topological polar surface area (TPSA) is 53.0 Å². The molecule has 2 aliphatic heterocycles. The van der Waals surface area contributed by atoms with Gasteiger partial charge in [0, 0.05) is 25.7 Å². The van der Waals surface area contributed by atoms with Crippen LogP contribution in [0.2, 0.25) is 0 Å². The third kappa shape index (κ3) is 4.51. The summed E-state index contributed by atoms with van der Waals surface area (Å²) in [5, 5.41) is 0. The number of likely N-dealkylation sites (tertiary alicyclic amines) is 1. The second kappa shape index (κ2) is 8.66. The van der Waals surface area contributed by atoms with Crippen LogP contribution in [0.15, 0.2) is 24.3 Å². The van der Waals surface area contributed by atoms with Crippen molar-refractivity contribution in [1.29, 1.82) is 0 Å². The lowest BCUT2D eigenvalue weighted by molar-refractivity contribution is -0.203. The van der Waals surface area contributed by atoms with E-state index >= 15 is 0 Å². The Hall–Kier alpha value is -1.21. The van der Waals surface area contributed by atoms with Gasteiger partial charge in [-0.1, -0.05) is 12.1 Å². The Morgan fingerprint density at radius 3 is 2.46 bits per heavy atom. The van der Waals surface area contributed by atoms with Gasteiger partial charge in [-0.15, -0.1) is 0 Å². The quantitative estimate of drug-likeness (QED) is 0.825. The third-order valence-corrected chi connectivity index (χ3v) is 6.22. The lowest BCUT2D eigenvalue weighted by atomic mass is 9.87. The van der Waals surface area contributed by atoms with Gasteiger partial charge in [0.25, 0.3) is 5.91 Å². The first kappa shape index (κ1) is 21.5. The number of piperidine rings is 1. The highest BCUT2D eigenvalue weighted by Crippen LogP contribution is 2.50. The predicted octanol–water partition coefficient (Wildman–Crippen LogP) is 3.14. The number of halogens is 2. The Balaban J connectivity index is 0.00000109. The average molecular weight is 413 g/mol. The summed E-state index contributed by atoms with van der Waals surface area (Å²) >= 11 is 3.64. The van der Waals surface area contributed by atoms with Gasteiger partial charge in [-0.25, -0.2) is 4.39 Å². The van der Waals surface area contributed by atoms with Crippen molar-refractivity contribution in [2.75, 3.05) is 26.2 Å². The number of morpholine rings is 1. The van der Waals surface area contributed by atoms with Crippen LogP contribution in [0.3, 0.4) is 0 Å². The summed E-state index contributed by atoms with van der Waals surface area (Å²) in [4.78, 5) is 17.2. The maximum Gasteiger partial charge on any atom is 0.255 e. The molecule has 0 bridgehead atoms. The molecule has 4 rings (SSSR count). The van der Waals surface area contributed by atoms with Crippen molar-refractivity contribution < 1.29 is 18.6 Å². The van der Waals surface area contributed by atoms with E-state index in [0.29, 0.717) is 0 Å². The summed E-state index contributed by atoms with van der Waals surface area (Å²) in [6, 6.07) is 7.11. The van der Waals surface area contributed by atoms with E-state index in [2.05, 4.69) is 30.6 Å². The van der Waals surface area contributed by atoms with Gasteiger partial charge in [-0.05, 0) is 63.6 Å². The monoisotopic (exact) mass is 412 g/mol. The molecule has 2 spiro atoms. The van der Waals surface area contributed by atoms with Gasteiger partial charge in [-0.3, -0.25) is 9.45 Å². The zero-order chi connectivity index (χ0) is 20.4. The number of benzene rings is 1. The van der Waals surface area contributed by atoms with Crippen LogP contribution >= 0.6 is 11.9 Å². The zero-order valence-electron chi connectivity index (χ0n) is 16.7. The van der Waals surface area contributed by atoms with Crippen molar-refractivity contribution in [2.45, 2.75) is 63.2 Å². The molecule has 1 aromatic carbocycles.